The van der Waals surface area contributed by atoms with Crippen LogP contribution in [0.25, 0.3) is 0 Å². The largest absolute Gasteiger partial charge is 0.508 e. The number of phenolic OH excluding ortho intramolecular Hbond substituents is 1. The number of benzene rings is 2. The fourth-order valence-electron chi connectivity index (χ4n) is 2.61. The van der Waals surface area contributed by atoms with Gasteiger partial charge in [0.25, 0.3) is 0 Å². The van der Waals surface area contributed by atoms with E-state index in [-0.39, 0.29) is 17.5 Å². The molecule has 0 amide bonds. The molecule has 0 aliphatic heterocycles. The van der Waals surface area contributed by atoms with E-state index in [4.69, 9.17) is 0 Å². The lowest BCUT2D eigenvalue weighted by molar-refractivity contribution is 0.474. The van der Waals surface area contributed by atoms with Crippen molar-refractivity contribution in [3.8, 4) is 5.75 Å². The minimum atomic E-state index is -0.140. The Balaban J connectivity index is 1.77. The summed E-state index contributed by atoms with van der Waals surface area (Å²) in [7, 11) is 0. The maximum Gasteiger partial charge on any atom is 0.126 e. The molecule has 1 unspecified atom stereocenters. The second-order valence-corrected chi connectivity index (χ2v) is 5.77. The first kappa shape index (κ1) is 14.1. The first-order chi connectivity index (χ1) is 10.2. The minimum Gasteiger partial charge on any atom is -0.508 e. The van der Waals surface area contributed by atoms with Gasteiger partial charge < -0.3 is 10.4 Å². The molecule has 2 N–H and O–H groups in total. The van der Waals surface area contributed by atoms with Crippen LogP contribution >= 0.6 is 0 Å². The van der Waals surface area contributed by atoms with Gasteiger partial charge in [0.15, 0.2) is 0 Å². The number of nitrogens with one attached hydrogen (secondary N) is 1. The lowest BCUT2D eigenvalue weighted by Crippen LogP contribution is -2.25. The van der Waals surface area contributed by atoms with Gasteiger partial charge in [-0.3, -0.25) is 0 Å². The Bertz CT molecular complexity index is 592. The average Bonchev–Trinajstić information content (AvgIpc) is 3.30. The van der Waals surface area contributed by atoms with E-state index in [1.807, 2.05) is 24.3 Å². The SMILES string of the molecule is Oc1ccc(CC(CNC2CC2)c2ccccc2F)cc1. The van der Waals surface area contributed by atoms with E-state index in [2.05, 4.69) is 5.32 Å². The first-order valence-electron chi connectivity index (χ1n) is 7.48. The molecule has 0 bridgehead atoms. The van der Waals surface area contributed by atoms with Crippen molar-refractivity contribution in [2.24, 2.45) is 0 Å². The Hall–Kier alpha value is -1.87. The van der Waals surface area contributed by atoms with Crippen LogP contribution in [-0.2, 0) is 6.42 Å². The molecule has 21 heavy (non-hydrogen) atoms. The summed E-state index contributed by atoms with van der Waals surface area (Å²) < 4.78 is 14.1. The molecule has 1 aliphatic rings. The minimum absolute atomic E-state index is 0.108. The molecule has 110 valence electrons. The van der Waals surface area contributed by atoms with E-state index >= 15 is 0 Å². The monoisotopic (exact) mass is 285 g/mol. The highest BCUT2D eigenvalue weighted by Crippen LogP contribution is 2.26. The molecule has 2 aromatic carbocycles. The van der Waals surface area contributed by atoms with Crippen LogP contribution in [0.15, 0.2) is 48.5 Å². The number of rotatable bonds is 6. The Morgan fingerprint density at radius 3 is 2.48 bits per heavy atom. The summed E-state index contributed by atoms with van der Waals surface area (Å²) in [6, 6.07) is 14.8. The zero-order valence-electron chi connectivity index (χ0n) is 11.9. The van der Waals surface area contributed by atoms with Crippen LogP contribution < -0.4 is 5.32 Å². The summed E-state index contributed by atoms with van der Waals surface area (Å²) in [4.78, 5) is 0. The Morgan fingerprint density at radius 2 is 1.81 bits per heavy atom. The van der Waals surface area contributed by atoms with Crippen molar-refractivity contribution in [3.63, 3.8) is 0 Å². The third-order valence-corrected chi connectivity index (χ3v) is 3.99. The van der Waals surface area contributed by atoms with E-state index in [1.54, 1.807) is 18.2 Å². The standard InChI is InChI=1S/C18H20FNO/c19-18-4-2-1-3-17(18)14(12-20-15-7-8-15)11-13-5-9-16(21)10-6-13/h1-6,9-10,14-15,20-21H,7-8,11-12H2. The van der Waals surface area contributed by atoms with Gasteiger partial charge in [-0.1, -0.05) is 30.3 Å². The second-order valence-electron chi connectivity index (χ2n) is 5.77. The average molecular weight is 285 g/mol. The van der Waals surface area contributed by atoms with E-state index in [1.165, 1.54) is 18.9 Å². The molecule has 1 fully saturated rings. The van der Waals surface area contributed by atoms with Crippen molar-refractivity contribution in [1.82, 2.24) is 5.32 Å². The number of aromatic hydroxyl groups is 1. The number of hydrogen-bond acceptors (Lipinski definition) is 2. The van der Waals surface area contributed by atoms with Crippen LogP contribution in [0.3, 0.4) is 0 Å². The summed E-state index contributed by atoms with van der Waals surface area (Å²) in [5.74, 6) is 0.229. The third-order valence-electron chi connectivity index (χ3n) is 3.99. The first-order valence-corrected chi connectivity index (χ1v) is 7.48. The van der Waals surface area contributed by atoms with E-state index < -0.39 is 0 Å². The molecule has 2 aromatic rings. The topological polar surface area (TPSA) is 32.3 Å². The number of halogens is 1. The maximum absolute atomic E-state index is 14.1. The van der Waals surface area contributed by atoms with Gasteiger partial charge in [-0.15, -0.1) is 0 Å². The molecule has 0 radical (unpaired) electrons. The van der Waals surface area contributed by atoms with Gasteiger partial charge in [0.2, 0.25) is 0 Å². The summed E-state index contributed by atoms with van der Waals surface area (Å²) in [6.45, 7) is 0.784. The molecule has 1 atom stereocenters. The van der Waals surface area contributed by atoms with E-state index in [9.17, 15) is 9.50 Å². The van der Waals surface area contributed by atoms with Gasteiger partial charge in [-0.05, 0) is 48.6 Å². The quantitative estimate of drug-likeness (QED) is 0.850. The summed E-state index contributed by atoms with van der Waals surface area (Å²) in [5, 5.41) is 12.9. The summed E-state index contributed by atoms with van der Waals surface area (Å²) >= 11 is 0. The Morgan fingerprint density at radius 1 is 1.10 bits per heavy atom. The third kappa shape index (κ3) is 3.82. The number of phenols is 1. The highest BCUT2D eigenvalue weighted by atomic mass is 19.1. The highest BCUT2D eigenvalue weighted by Gasteiger charge is 2.23. The maximum atomic E-state index is 14.1. The van der Waals surface area contributed by atoms with E-state index in [0.717, 1.165) is 24.1 Å². The second kappa shape index (κ2) is 6.27. The molecule has 2 nitrogen and oxygen atoms in total. The molecule has 0 spiro atoms. The van der Waals surface area contributed by atoms with E-state index in [0.29, 0.717) is 6.04 Å². The molecule has 3 rings (SSSR count). The van der Waals surface area contributed by atoms with Crippen molar-refractivity contribution < 1.29 is 9.50 Å². The fraction of sp³-hybridized carbons (Fsp3) is 0.333. The predicted octanol–water partition coefficient (Wildman–Crippen LogP) is 3.61. The molecular formula is C18H20FNO. The van der Waals surface area contributed by atoms with Crippen molar-refractivity contribution in [2.45, 2.75) is 31.2 Å². The van der Waals surface area contributed by atoms with Crippen LogP contribution in [0, 0.1) is 5.82 Å². The molecule has 1 aliphatic carbocycles. The van der Waals surface area contributed by atoms with Gasteiger partial charge >= 0.3 is 0 Å². The lowest BCUT2D eigenvalue weighted by atomic mass is 9.91. The predicted molar refractivity (Wildman–Crippen MR) is 82.0 cm³/mol. The normalized spacial score (nSPS) is 15.9. The van der Waals surface area contributed by atoms with Gasteiger partial charge in [0, 0.05) is 18.5 Å². The molecular weight excluding hydrogens is 265 g/mol. The molecule has 0 heterocycles. The van der Waals surface area contributed by atoms with Crippen LogP contribution in [0.4, 0.5) is 4.39 Å². The van der Waals surface area contributed by atoms with Crippen LogP contribution in [0.2, 0.25) is 0 Å². The molecule has 0 saturated heterocycles. The molecule has 0 aromatic heterocycles. The summed E-state index contributed by atoms with van der Waals surface area (Å²) in [5.41, 5.74) is 1.87. The van der Waals surface area contributed by atoms with Crippen molar-refractivity contribution in [1.29, 1.82) is 0 Å². The van der Waals surface area contributed by atoms with Crippen molar-refractivity contribution in [3.05, 3.63) is 65.5 Å². The van der Waals surface area contributed by atoms with Crippen molar-refractivity contribution >= 4 is 0 Å². The van der Waals surface area contributed by atoms with Crippen molar-refractivity contribution in [2.75, 3.05) is 6.54 Å². The van der Waals surface area contributed by atoms with Gasteiger partial charge in [0.05, 0.1) is 0 Å². The zero-order valence-corrected chi connectivity index (χ0v) is 11.9. The fourth-order valence-corrected chi connectivity index (χ4v) is 2.61. The van der Waals surface area contributed by atoms with Gasteiger partial charge in [-0.25, -0.2) is 4.39 Å². The zero-order chi connectivity index (χ0) is 14.7. The van der Waals surface area contributed by atoms with Gasteiger partial charge in [-0.2, -0.15) is 0 Å². The molecule has 3 heteroatoms. The number of hydrogen-bond donors (Lipinski definition) is 2. The molecule has 1 saturated carbocycles. The smallest absolute Gasteiger partial charge is 0.126 e. The van der Waals surface area contributed by atoms with Crippen LogP contribution in [0.1, 0.15) is 29.9 Å². The lowest BCUT2D eigenvalue weighted by Gasteiger charge is -2.19. The van der Waals surface area contributed by atoms with Crippen LogP contribution in [0.5, 0.6) is 5.75 Å². The summed E-state index contributed by atoms with van der Waals surface area (Å²) in [6.07, 6.45) is 3.22. The Labute approximate surface area is 124 Å². The van der Waals surface area contributed by atoms with Crippen LogP contribution in [-0.4, -0.2) is 17.7 Å². The highest BCUT2D eigenvalue weighted by molar-refractivity contribution is 5.29. The Kier molecular flexibility index (Phi) is 4.20. The van der Waals surface area contributed by atoms with Gasteiger partial charge in [0.1, 0.15) is 11.6 Å².